The van der Waals surface area contributed by atoms with Crippen molar-refractivity contribution >= 4 is 18.0 Å². The number of esters is 2. The number of rotatable bonds is 11. The molecular weight excluding hydrogens is 570 g/mol. The van der Waals surface area contributed by atoms with Crippen molar-refractivity contribution < 1.29 is 33.3 Å². The molecule has 0 heterocycles. The zero-order chi connectivity index (χ0) is 31.8. The van der Waals surface area contributed by atoms with Crippen molar-refractivity contribution in [2.75, 3.05) is 13.2 Å². The normalized spacial score (nSPS) is 12.8. The lowest BCUT2D eigenvalue weighted by atomic mass is 9.98. The number of amides is 1. The van der Waals surface area contributed by atoms with E-state index in [0.29, 0.717) is 5.75 Å². The van der Waals surface area contributed by atoms with Crippen LogP contribution in [0.4, 0.5) is 4.79 Å². The lowest BCUT2D eigenvalue weighted by Crippen LogP contribution is -2.46. The predicted octanol–water partition coefficient (Wildman–Crippen LogP) is 6.60. The van der Waals surface area contributed by atoms with Gasteiger partial charge in [-0.3, -0.25) is 0 Å². The van der Waals surface area contributed by atoms with Crippen molar-refractivity contribution in [2.45, 2.75) is 51.4 Å². The summed E-state index contributed by atoms with van der Waals surface area (Å²) in [7, 11) is 0. The number of alkyl carbamates (subject to hydrolysis) is 1. The first-order valence-electron chi connectivity index (χ1n) is 14.9. The van der Waals surface area contributed by atoms with E-state index in [2.05, 4.69) is 17.4 Å². The zero-order valence-corrected chi connectivity index (χ0v) is 25.7. The van der Waals surface area contributed by atoms with Crippen LogP contribution in [0.25, 0.3) is 11.1 Å². The van der Waals surface area contributed by atoms with Crippen LogP contribution in [0, 0.1) is 0 Å². The molecule has 0 fully saturated rings. The molecule has 1 aliphatic rings. The molecule has 0 saturated heterocycles. The Balaban J connectivity index is 1.18. The first-order valence-corrected chi connectivity index (χ1v) is 14.9. The van der Waals surface area contributed by atoms with Crippen LogP contribution >= 0.6 is 0 Å². The van der Waals surface area contributed by atoms with E-state index in [1.165, 1.54) is 0 Å². The van der Waals surface area contributed by atoms with Crippen LogP contribution in [0.1, 0.15) is 48.9 Å². The van der Waals surface area contributed by atoms with Crippen molar-refractivity contribution in [1.82, 2.24) is 5.32 Å². The SMILES string of the molecule is CC(C)(C)OC(=O)[C@H](Cc1ccc(OCC(=O)OCc2ccccc2)cc1)NC(=O)OCC1c2ccccc2-c2ccccc21. The maximum absolute atomic E-state index is 13.1. The molecule has 8 heteroatoms. The van der Waals surface area contributed by atoms with Gasteiger partial charge in [-0.1, -0.05) is 91.0 Å². The van der Waals surface area contributed by atoms with Crippen molar-refractivity contribution in [2.24, 2.45) is 0 Å². The molecule has 1 aliphatic carbocycles. The van der Waals surface area contributed by atoms with Gasteiger partial charge in [0.2, 0.25) is 0 Å². The van der Waals surface area contributed by atoms with Gasteiger partial charge < -0.3 is 24.3 Å². The summed E-state index contributed by atoms with van der Waals surface area (Å²) in [5, 5.41) is 2.71. The second-order valence-electron chi connectivity index (χ2n) is 11.8. The highest BCUT2D eigenvalue weighted by molar-refractivity contribution is 5.82. The smallest absolute Gasteiger partial charge is 0.407 e. The van der Waals surface area contributed by atoms with Crippen molar-refractivity contribution in [1.29, 1.82) is 0 Å². The van der Waals surface area contributed by atoms with Gasteiger partial charge in [0.25, 0.3) is 0 Å². The number of benzene rings is 4. The summed E-state index contributed by atoms with van der Waals surface area (Å²) in [6.07, 6.45) is -0.542. The molecule has 45 heavy (non-hydrogen) atoms. The van der Waals surface area contributed by atoms with E-state index in [1.807, 2.05) is 66.7 Å². The number of ether oxygens (including phenoxy) is 4. The van der Waals surface area contributed by atoms with E-state index < -0.39 is 29.7 Å². The topological polar surface area (TPSA) is 100 Å². The van der Waals surface area contributed by atoms with E-state index in [1.54, 1.807) is 45.0 Å². The molecule has 4 aromatic rings. The summed E-state index contributed by atoms with van der Waals surface area (Å²) < 4.78 is 22.1. The molecule has 0 saturated carbocycles. The van der Waals surface area contributed by atoms with Gasteiger partial charge in [-0.25, -0.2) is 14.4 Å². The zero-order valence-electron chi connectivity index (χ0n) is 25.7. The summed E-state index contributed by atoms with van der Waals surface area (Å²) in [5.41, 5.74) is 5.36. The standard InChI is InChI=1S/C37H37NO7/c1-37(2,3)45-35(40)33(21-25-17-19-27(20-18-25)42-24-34(39)43-22-26-11-5-4-6-12-26)38-36(41)44-23-32-30-15-9-7-13-28(30)29-14-8-10-16-31(29)32/h4-20,32-33H,21-24H2,1-3H3,(H,38,41)/t33-/m0/s1. The Kier molecular flexibility index (Phi) is 9.82. The highest BCUT2D eigenvalue weighted by atomic mass is 16.6. The van der Waals surface area contributed by atoms with Crippen molar-refractivity contribution in [3.63, 3.8) is 0 Å². The van der Waals surface area contributed by atoms with E-state index >= 15 is 0 Å². The summed E-state index contributed by atoms with van der Waals surface area (Å²) in [4.78, 5) is 38.3. The monoisotopic (exact) mass is 607 g/mol. The fourth-order valence-corrected chi connectivity index (χ4v) is 5.23. The Bertz CT molecular complexity index is 1580. The third-order valence-electron chi connectivity index (χ3n) is 7.29. The third-order valence-corrected chi connectivity index (χ3v) is 7.29. The fraction of sp³-hybridized carbons (Fsp3) is 0.270. The first-order chi connectivity index (χ1) is 21.7. The van der Waals surface area contributed by atoms with Gasteiger partial charge >= 0.3 is 18.0 Å². The highest BCUT2D eigenvalue weighted by Gasteiger charge is 2.31. The summed E-state index contributed by atoms with van der Waals surface area (Å²) in [5.74, 6) is -0.697. The Morgan fingerprint density at radius 1 is 0.733 bits per heavy atom. The number of hydrogen-bond donors (Lipinski definition) is 1. The fourth-order valence-electron chi connectivity index (χ4n) is 5.23. The molecule has 0 aliphatic heterocycles. The van der Waals surface area contributed by atoms with Gasteiger partial charge in [0.1, 0.15) is 30.6 Å². The van der Waals surface area contributed by atoms with Crippen LogP contribution in [0.5, 0.6) is 5.75 Å². The molecule has 0 spiro atoms. The first kappa shape index (κ1) is 31.3. The van der Waals surface area contributed by atoms with Crippen LogP contribution in [0.2, 0.25) is 0 Å². The van der Waals surface area contributed by atoms with Crippen molar-refractivity contribution in [3.05, 3.63) is 125 Å². The number of carbonyl (C=O) groups is 3. The third kappa shape index (κ3) is 8.50. The summed E-state index contributed by atoms with van der Waals surface area (Å²) in [6.45, 7) is 5.37. The van der Waals surface area contributed by atoms with E-state index in [0.717, 1.165) is 33.4 Å². The largest absolute Gasteiger partial charge is 0.482 e. The van der Waals surface area contributed by atoms with Gasteiger partial charge in [-0.2, -0.15) is 0 Å². The van der Waals surface area contributed by atoms with E-state index in [-0.39, 0.29) is 32.2 Å². The maximum atomic E-state index is 13.1. The number of nitrogens with one attached hydrogen (secondary N) is 1. The highest BCUT2D eigenvalue weighted by Crippen LogP contribution is 2.44. The quantitative estimate of drug-likeness (QED) is 0.151. The lowest BCUT2D eigenvalue weighted by Gasteiger charge is -2.25. The molecule has 1 atom stereocenters. The minimum Gasteiger partial charge on any atom is -0.482 e. The molecule has 1 amide bonds. The second-order valence-corrected chi connectivity index (χ2v) is 11.8. The average Bonchev–Trinajstić information content (AvgIpc) is 3.35. The molecule has 232 valence electrons. The Morgan fingerprint density at radius 3 is 1.96 bits per heavy atom. The summed E-state index contributed by atoms with van der Waals surface area (Å²) >= 11 is 0. The average molecular weight is 608 g/mol. The second kappa shape index (κ2) is 14.1. The van der Waals surface area contributed by atoms with Gasteiger partial charge in [0.15, 0.2) is 6.61 Å². The Morgan fingerprint density at radius 2 is 1.33 bits per heavy atom. The molecule has 5 rings (SSSR count). The van der Waals surface area contributed by atoms with Gasteiger partial charge in [0, 0.05) is 12.3 Å². The molecule has 4 aromatic carbocycles. The molecule has 0 bridgehead atoms. The number of fused-ring (bicyclic) bond motifs is 3. The molecule has 0 radical (unpaired) electrons. The van der Waals surface area contributed by atoms with Crippen LogP contribution < -0.4 is 10.1 Å². The van der Waals surface area contributed by atoms with Crippen molar-refractivity contribution in [3.8, 4) is 16.9 Å². The van der Waals surface area contributed by atoms with Crippen LogP contribution in [0.15, 0.2) is 103 Å². The van der Waals surface area contributed by atoms with Gasteiger partial charge in [-0.15, -0.1) is 0 Å². The van der Waals surface area contributed by atoms with E-state index in [4.69, 9.17) is 18.9 Å². The number of hydrogen-bond acceptors (Lipinski definition) is 7. The van der Waals surface area contributed by atoms with E-state index in [9.17, 15) is 14.4 Å². The molecule has 0 unspecified atom stereocenters. The Labute approximate surface area is 263 Å². The minimum atomic E-state index is -0.986. The molecule has 8 nitrogen and oxygen atoms in total. The lowest BCUT2D eigenvalue weighted by molar-refractivity contribution is -0.157. The molecule has 0 aromatic heterocycles. The van der Waals surface area contributed by atoms with Crippen LogP contribution in [-0.2, 0) is 36.8 Å². The Hall–Kier alpha value is -5.11. The maximum Gasteiger partial charge on any atom is 0.407 e. The summed E-state index contributed by atoms with van der Waals surface area (Å²) in [6, 6.07) is 31.5. The predicted molar refractivity (Wildman–Crippen MR) is 170 cm³/mol. The van der Waals surface area contributed by atoms with Gasteiger partial charge in [-0.05, 0) is 66.3 Å². The minimum absolute atomic E-state index is 0.105. The number of carbonyl (C=O) groups excluding carboxylic acids is 3. The molecule has 1 N–H and O–H groups in total. The van der Waals surface area contributed by atoms with Crippen LogP contribution in [0.3, 0.4) is 0 Å². The van der Waals surface area contributed by atoms with Crippen LogP contribution in [-0.4, -0.2) is 42.9 Å². The molecular formula is C37H37NO7. The van der Waals surface area contributed by atoms with Gasteiger partial charge in [0.05, 0.1) is 0 Å².